The van der Waals surface area contributed by atoms with Gasteiger partial charge in [-0.3, -0.25) is 14.2 Å². The Labute approximate surface area is 154 Å². The fraction of sp³-hybridized carbons (Fsp3) is 0.278. The minimum atomic E-state index is -0.118. The highest BCUT2D eigenvalue weighted by atomic mass is 32.2. The van der Waals surface area contributed by atoms with Gasteiger partial charge in [-0.1, -0.05) is 30.0 Å². The number of hydrogen-bond acceptors (Lipinski definition) is 5. The first-order valence-corrected chi connectivity index (χ1v) is 9.63. The average molecular weight is 374 g/mol. The third-order valence-corrected chi connectivity index (χ3v) is 6.25. The number of amides is 1. The number of carbonyl (C=O) groups is 1. The van der Waals surface area contributed by atoms with E-state index in [0.717, 1.165) is 26.5 Å². The van der Waals surface area contributed by atoms with Gasteiger partial charge in [0, 0.05) is 17.6 Å². The van der Waals surface area contributed by atoms with E-state index in [4.69, 9.17) is 0 Å². The number of nitrogens with zero attached hydrogens (tertiary/aromatic N) is 2. The number of aromatic nitrogens is 2. The van der Waals surface area contributed by atoms with Crippen LogP contribution in [0.25, 0.3) is 10.2 Å². The molecule has 0 fully saturated rings. The number of anilines is 1. The summed E-state index contributed by atoms with van der Waals surface area (Å²) in [6.07, 6.45) is 0. The molecule has 0 spiro atoms. The predicted molar refractivity (Wildman–Crippen MR) is 105 cm³/mol. The molecular formula is C18H19N3O2S2. The molecule has 2 aromatic heterocycles. The number of hydrogen-bond donors (Lipinski definition) is 1. The third kappa shape index (κ3) is 3.48. The first-order chi connectivity index (χ1) is 11.9. The van der Waals surface area contributed by atoms with Gasteiger partial charge in [0.2, 0.25) is 5.91 Å². The summed E-state index contributed by atoms with van der Waals surface area (Å²) in [4.78, 5) is 31.2. The van der Waals surface area contributed by atoms with Gasteiger partial charge < -0.3 is 5.32 Å². The van der Waals surface area contributed by atoms with E-state index in [2.05, 4.69) is 10.3 Å². The van der Waals surface area contributed by atoms with Crippen molar-refractivity contribution in [2.75, 3.05) is 11.1 Å². The Morgan fingerprint density at radius 2 is 2.00 bits per heavy atom. The molecule has 2 heterocycles. The summed E-state index contributed by atoms with van der Waals surface area (Å²) in [5, 5.41) is 4.13. The van der Waals surface area contributed by atoms with Gasteiger partial charge in [-0.15, -0.1) is 11.3 Å². The Hall–Kier alpha value is -2.12. The zero-order valence-corrected chi connectivity index (χ0v) is 16.2. The lowest BCUT2D eigenvalue weighted by Crippen LogP contribution is -2.21. The second-order valence-corrected chi connectivity index (χ2v) is 8.02. The molecule has 5 nitrogen and oxygen atoms in total. The fourth-order valence-corrected chi connectivity index (χ4v) is 4.36. The molecule has 0 aliphatic rings. The van der Waals surface area contributed by atoms with Gasteiger partial charge >= 0.3 is 0 Å². The molecule has 1 aromatic carbocycles. The monoisotopic (exact) mass is 373 g/mol. The molecule has 3 rings (SSSR count). The summed E-state index contributed by atoms with van der Waals surface area (Å²) in [6, 6.07) is 7.63. The molecule has 130 valence electrons. The van der Waals surface area contributed by atoms with Crippen molar-refractivity contribution < 1.29 is 4.79 Å². The normalized spacial score (nSPS) is 11.0. The molecule has 1 N–H and O–H groups in total. The van der Waals surface area contributed by atoms with Gasteiger partial charge in [0.05, 0.1) is 11.1 Å². The average Bonchev–Trinajstić information content (AvgIpc) is 2.86. The van der Waals surface area contributed by atoms with E-state index in [1.165, 1.54) is 27.7 Å². The quantitative estimate of drug-likeness (QED) is 0.560. The molecular weight excluding hydrogens is 354 g/mol. The molecule has 0 radical (unpaired) electrons. The van der Waals surface area contributed by atoms with Crippen LogP contribution in [0.15, 0.2) is 34.2 Å². The molecule has 0 unspecified atom stereocenters. The highest BCUT2D eigenvalue weighted by Crippen LogP contribution is 2.28. The number of benzene rings is 1. The molecule has 0 saturated heterocycles. The first-order valence-electron chi connectivity index (χ1n) is 7.83. The molecule has 1 amide bonds. The van der Waals surface area contributed by atoms with E-state index in [1.807, 2.05) is 45.0 Å². The number of fused-ring (bicyclic) bond motifs is 1. The van der Waals surface area contributed by atoms with Crippen LogP contribution < -0.4 is 10.9 Å². The van der Waals surface area contributed by atoms with E-state index >= 15 is 0 Å². The standard InChI is InChI=1S/C18H19N3O2S2/c1-10-7-5-6-8-13(10)19-14(22)9-24-18-20-16-15(17(23)21(18)4)11(2)12(3)25-16/h5-8H,9H2,1-4H3,(H,19,22). The second kappa shape index (κ2) is 7.01. The number of thioether (sulfide) groups is 1. The lowest BCUT2D eigenvalue weighted by Gasteiger charge is -2.09. The van der Waals surface area contributed by atoms with Crippen LogP contribution in [0.5, 0.6) is 0 Å². The number of nitrogens with one attached hydrogen (secondary N) is 1. The van der Waals surface area contributed by atoms with Crippen molar-refractivity contribution in [3.63, 3.8) is 0 Å². The Balaban J connectivity index is 1.79. The van der Waals surface area contributed by atoms with Gasteiger partial charge in [0.15, 0.2) is 5.16 Å². The van der Waals surface area contributed by atoms with Crippen LogP contribution in [0.4, 0.5) is 5.69 Å². The van der Waals surface area contributed by atoms with Crippen molar-refractivity contribution in [1.82, 2.24) is 9.55 Å². The van der Waals surface area contributed by atoms with Crippen LogP contribution in [-0.4, -0.2) is 21.2 Å². The maximum Gasteiger partial charge on any atom is 0.262 e. The SMILES string of the molecule is Cc1ccccc1NC(=O)CSc1nc2sc(C)c(C)c2c(=O)n1C. The summed E-state index contributed by atoms with van der Waals surface area (Å²) in [6.45, 7) is 5.88. The third-order valence-electron chi connectivity index (χ3n) is 4.12. The summed E-state index contributed by atoms with van der Waals surface area (Å²) in [5.74, 6) is 0.0795. The van der Waals surface area contributed by atoms with Crippen LogP contribution in [0.2, 0.25) is 0 Å². The Morgan fingerprint density at radius 1 is 1.28 bits per heavy atom. The largest absolute Gasteiger partial charge is 0.325 e. The molecule has 0 aliphatic carbocycles. The Bertz CT molecular complexity index is 1020. The second-order valence-electron chi connectivity index (χ2n) is 5.87. The lowest BCUT2D eigenvalue weighted by atomic mass is 10.2. The Kier molecular flexibility index (Phi) is 4.96. The molecule has 0 atom stereocenters. The van der Waals surface area contributed by atoms with E-state index < -0.39 is 0 Å². The van der Waals surface area contributed by atoms with Crippen molar-refractivity contribution in [1.29, 1.82) is 0 Å². The molecule has 0 aliphatic heterocycles. The number of para-hydroxylation sites is 1. The molecule has 0 saturated carbocycles. The molecule has 0 bridgehead atoms. The highest BCUT2D eigenvalue weighted by molar-refractivity contribution is 7.99. The maximum absolute atomic E-state index is 12.6. The predicted octanol–water partition coefficient (Wildman–Crippen LogP) is 3.65. The molecule has 25 heavy (non-hydrogen) atoms. The zero-order chi connectivity index (χ0) is 18.1. The molecule has 3 aromatic rings. The number of carbonyl (C=O) groups excluding carboxylic acids is 1. The van der Waals surface area contributed by atoms with Gasteiger partial charge in [-0.05, 0) is 38.0 Å². The summed E-state index contributed by atoms with van der Waals surface area (Å²) in [7, 11) is 1.70. The summed E-state index contributed by atoms with van der Waals surface area (Å²) < 4.78 is 1.52. The first kappa shape index (κ1) is 17.7. The minimum absolute atomic E-state index is 0.0614. The maximum atomic E-state index is 12.6. The van der Waals surface area contributed by atoms with Gasteiger partial charge in [0.1, 0.15) is 4.83 Å². The fourth-order valence-electron chi connectivity index (χ4n) is 2.51. The van der Waals surface area contributed by atoms with Crippen LogP contribution in [0.1, 0.15) is 16.0 Å². The van der Waals surface area contributed by atoms with Crippen LogP contribution >= 0.6 is 23.1 Å². The number of thiophene rings is 1. The van der Waals surface area contributed by atoms with E-state index in [0.29, 0.717) is 10.5 Å². The Morgan fingerprint density at radius 3 is 2.72 bits per heavy atom. The van der Waals surface area contributed by atoms with E-state index in [-0.39, 0.29) is 17.2 Å². The number of aryl methyl sites for hydroxylation is 3. The summed E-state index contributed by atoms with van der Waals surface area (Å²) >= 11 is 2.79. The zero-order valence-electron chi connectivity index (χ0n) is 14.5. The van der Waals surface area contributed by atoms with Crippen molar-refractivity contribution in [2.45, 2.75) is 25.9 Å². The topological polar surface area (TPSA) is 64.0 Å². The van der Waals surface area contributed by atoms with Gasteiger partial charge in [-0.25, -0.2) is 4.98 Å². The lowest BCUT2D eigenvalue weighted by molar-refractivity contribution is -0.113. The highest BCUT2D eigenvalue weighted by Gasteiger charge is 2.16. The van der Waals surface area contributed by atoms with Crippen molar-refractivity contribution >= 4 is 44.9 Å². The summed E-state index contributed by atoms with van der Waals surface area (Å²) in [5.41, 5.74) is 2.74. The van der Waals surface area contributed by atoms with Crippen molar-refractivity contribution in [2.24, 2.45) is 7.05 Å². The van der Waals surface area contributed by atoms with E-state index in [1.54, 1.807) is 7.05 Å². The van der Waals surface area contributed by atoms with Gasteiger partial charge in [0.25, 0.3) is 5.56 Å². The van der Waals surface area contributed by atoms with Gasteiger partial charge in [-0.2, -0.15) is 0 Å². The van der Waals surface area contributed by atoms with Crippen LogP contribution in [-0.2, 0) is 11.8 Å². The molecule has 7 heteroatoms. The minimum Gasteiger partial charge on any atom is -0.325 e. The smallest absolute Gasteiger partial charge is 0.262 e. The van der Waals surface area contributed by atoms with Crippen molar-refractivity contribution in [3.05, 3.63) is 50.6 Å². The number of rotatable bonds is 4. The van der Waals surface area contributed by atoms with Crippen molar-refractivity contribution in [3.8, 4) is 0 Å². The van der Waals surface area contributed by atoms with Crippen LogP contribution in [0.3, 0.4) is 0 Å². The van der Waals surface area contributed by atoms with E-state index in [9.17, 15) is 9.59 Å². The van der Waals surface area contributed by atoms with Crippen LogP contribution in [0, 0.1) is 20.8 Å².